The summed E-state index contributed by atoms with van der Waals surface area (Å²) in [5.74, 6) is 0.679. The molecule has 26 heavy (non-hydrogen) atoms. The first-order valence-electron chi connectivity index (χ1n) is 9.24. The summed E-state index contributed by atoms with van der Waals surface area (Å²) in [7, 11) is 0. The molecular weight excluding hydrogens is 333 g/mol. The van der Waals surface area contributed by atoms with Crippen molar-refractivity contribution < 1.29 is 13.9 Å². The monoisotopic (exact) mass is 359 g/mol. The Balaban J connectivity index is 1.59. The number of hydrogen-bond acceptors (Lipinski definition) is 3. The van der Waals surface area contributed by atoms with E-state index in [0.717, 1.165) is 19.3 Å². The number of benzene rings is 1. The summed E-state index contributed by atoms with van der Waals surface area (Å²) in [6, 6.07) is 8.25. The number of carbonyl (C=O) groups is 1. The topological polar surface area (TPSA) is 56.1 Å². The Labute approximate surface area is 153 Å². The van der Waals surface area contributed by atoms with Gasteiger partial charge in [-0.15, -0.1) is 0 Å². The third-order valence-electron chi connectivity index (χ3n) is 4.90. The average Bonchev–Trinajstić information content (AvgIpc) is 3.03. The third kappa shape index (κ3) is 4.69. The van der Waals surface area contributed by atoms with Gasteiger partial charge in [0.1, 0.15) is 17.7 Å². The van der Waals surface area contributed by atoms with Crippen molar-refractivity contribution in [1.29, 1.82) is 0 Å². The zero-order valence-electron chi connectivity index (χ0n) is 15.3. The lowest BCUT2D eigenvalue weighted by atomic mass is 9.88. The Morgan fingerprint density at radius 3 is 2.96 bits per heavy atom. The van der Waals surface area contributed by atoms with Crippen LogP contribution in [0.3, 0.4) is 0 Å². The highest BCUT2D eigenvalue weighted by Gasteiger charge is 2.24. The van der Waals surface area contributed by atoms with Crippen LogP contribution in [0.4, 0.5) is 10.2 Å². The molecule has 140 valence electrons. The zero-order chi connectivity index (χ0) is 18.5. The number of rotatable bonds is 6. The number of ether oxygens (including phenoxy) is 1. The molecule has 0 bridgehead atoms. The molecule has 5 nitrogen and oxygen atoms in total. The van der Waals surface area contributed by atoms with E-state index in [1.807, 2.05) is 0 Å². The van der Waals surface area contributed by atoms with Gasteiger partial charge in [0, 0.05) is 11.6 Å². The van der Waals surface area contributed by atoms with Crippen LogP contribution in [0, 0.1) is 11.7 Å². The van der Waals surface area contributed by atoms with E-state index in [-0.39, 0.29) is 24.4 Å². The Morgan fingerprint density at radius 2 is 2.19 bits per heavy atom. The molecule has 1 saturated carbocycles. The average molecular weight is 359 g/mol. The van der Waals surface area contributed by atoms with Gasteiger partial charge in [-0.3, -0.25) is 4.79 Å². The summed E-state index contributed by atoms with van der Waals surface area (Å²) in [4.78, 5) is 12.5. The van der Waals surface area contributed by atoms with Gasteiger partial charge in [0.15, 0.2) is 0 Å². The van der Waals surface area contributed by atoms with E-state index in [9.17, 15) is 9.18 Å². The fourth-order valence-electron chi connectivity index (χ4n) is 3.43. The smallest absolute Gasteiger partial charge is 0.254 e. The van der Waals surface area contributed by atoms with E-state index in [1.54, 1.807) is 42.1 Å². The predicted octanol–water partition coefficient (Wildman–Crippen LogP) is 3.99. The summed E-state index contributed by atoms with van der Waals surface area (Å²) < 4.78 is 21.4. The molecule has 1 aromatic carbocycles. The summed E-state index contributed by atoms with van der Waals surface area (Å²) in [5, 5.41) is 7.03. The number of halogens is 1. The minimum atomic E-state index is -0.540. The predicted molar refractivity (Wildman–Crippen MR) is 98.3 cm³/mol. The molecule has 0 aliphatic heterocycles. The lowest BCUT2D eigenvalue weighted by molar-refractivity contribution is -0.131. The van der Waals surface area contributed by atoms with Gasteiger partial charge in [-0.05, 0) is 31.7 Å². The molecule has 1 aliphatic rings. The number of hydrogen-bond donors (Lipinski definition) is 1. The van der Waals surface area contributed by atoms with Crippen LogP contribution >= 0.6 is 0 Å². The molecule has 1 aliphatic carbocycles. The highest BCUT2D eigenvalue weighted by molar-refractivity contribution is 5.93. The molecule has 1 amide bonds. The number of anilines is 1. The van der Waals surface area contributed by atoms with E-state index in [2.05, 4.69) is 17.3 Å². The second-order valence-electron chi connectivity index (χ2n) is 7.13. The molecule has 1 N–H and O–H groups in total. The highest BCUT2D eigenvalue weighted by atomic mass is 19.1. The summed E-state index contributed by atoms with van der Waals surface area (Å²) in [6.45, 7) is 4.25. The number of nitrogens with zero attached hydrogens (tertiary/aromatic N) is 2. The van der Waals surface area contributed by atoms with Gasteiger partial charge in [0.2, 0.25) is 0 Å². The maximum Gasteiger partial charge on any atom is 0.254 e. The van der Waals surface area contributed by atoms with Crippen LogP contribution in [0.15, 0.2) is 36.5 Å². The van der Waals surface area contributed by atoms with Crippen LogP contribution in [0.2, 0.25) is 0 Å². The molecule has 0 spiro atoms. The minimum Gasteiger partial charge on any atom is -0.365 e. The van der Waals surface area contributed by atoms with Crippen LogP contribution in [-0.2, 0) is 16.1 Å². The fraction of sp³-hybridized carbons (Fsp3) is 0.500. The lowest BCUT2D eigenvalue weighted by Crippen LogP contribution is -2.34. The fourth-order valence-corrected chi connectivity index (χ4v) is 3.43. The molecule has 1 aromatic heterocycles. The minimum absolute atomic E-state index is 0.142. The van der Waals surface area contributed by atoms with E-state index in [4.69, 9.17) is 4.74 Å². The van der Waals surface area contributed by atoms with E-state index in [0.29, 0.717) is 17.3 Å². The first kappa shape index (κ1) is 18.6. The SMILES string of the molecule is C[C@@H]1CCC[C@@H](O[C@@H](C)C(=O)Nc2ccnn2Cc2ccccc2F)C1. The van der Waals surface area contributed by atoms with Crippen molar-refractivity contribution in [3.8, 4) is 0 Å². The van der Waals surface area contributed by atoms with Gasteiger partial charge in [0.25, 0.3) is 5.91 Å². The Kier molecular flexibility index (Phi) is 6.04. The largest absolute Gasteiger partial charge is 0.365 e. The highest BCUT2D eigenvalue weighted by Crippen LogP contribution is 2.26. The Bertz CT molecular complexity index is 746. The van der Waals surface area contributed by atoms with Gasteiger partial charge in [-0.2, -0.15) is 5.10 Å². The molecule has 1 fully saturated rings. The molecule has 0 unspecified atom stereocenters. The normalized spacial score (nSPS) is 21.3. The summed E-state index contributed by atoms with van der Waals surface area (Å²) in [5.41, 5.74) is 0.521. The van der Waals surface area contributed by atoms with Gasteiger partial charge in [0.05, 0.1) is 18.8 Å². The summed E-state index contributed by atoms with van der Waals surface area (Å²) in [6.07, 6.45) is 5.58. The van der Waals surface area contributed by atoms with E-state index < -0.39 is 6.10 Å². The second-order valence-corrected chi connectivity index (χ2v) is 7.13. The molecule has 6 heteroatoms. The first-order valence-corrected chi connectivity index (χ1v) is 9.24. The molecule has 1 heterocycles. The lowest BCUT2D eigenvalue weighted by Gasteiger charge is -2.29. The van der Waals surface area contributed by atoms with Crippen LogP contribution in [0.5, 0.6) is 0 Å². The van der Waals surface area contributed by atoms with Crippen molar-refractivity contribution in [1.82, 2.24) is 9.78 Å². The van der Waals surface area contributed by atoms with Crippen molar-refractivity contribution in [2.24, 2.45) is 5.92 Å². The maximum atomic E-state index is 13.8. The molecule has 0 radical (unpaired) electrons. The number of carbonyl (C=O) groups excluding carboxylic acids is 1. The molecule has 3 atom stereocenters. The van der Waals surface area contributed by atoms with Crippen LogP contribution in [0.1, 0.15) is 45.1 Å². The van der Waals surface area contributed by atoms with Gasteiger partial charge in [-0.1, -0.05) is 38.0 Å². The molecule has 3 rings (SSSR count). The van der Waals surface area contributed by atoms with Gasteiger partial charge in [-0.25, -0.2) is 9.07 Å². The zero-order valence-corrected chi connectivity index (χ0v) is 15.3. The number of amides is 1. The first-order chi connectivity index (χ1) is 12.5. The molecular formula is C20H26FN3O2. The van der Waals surface area contributed by atoms with Crippen LogP contribution < -0.4 is 5.32 Å². The van der Waals surface area contributed by atoms with Crippen molar-refractivity contribution in [3.63, 3.8) is 0 Å². The van der Waals surface area contributed by atoms with Crippen molar-refractivity contribution in [2.75, 3.05) is 5.32 Å². The Morgan fingerprint density at radius 1 is 1.38 bits per heavy atom. The number of nitrogens with one attached hydrogen (secondary N) is 1. The quantitative estimate of drug-likeness (QED) is 0.848. The van der Waals surface area contributed by atoms with Gasteiger partial charge < -0.3 is 10.1 Å². The van der Waals surface area contributed by atoms with Gasteiger partial charge >= 0.3 is 0 Å². The third-order valence-corrected chi connectivity index (χ3v) is 4.90. The van der Waals surface area contributed by atoms with Crippen molar-refractivity contribution in [2.45, 2.75) is 58.3 Å². The van der Waals surface area contributed by atoms with E-state index in [1.165, 1.54) is 12.5 Å². The summed E-state index contributed by atoms with van der Waals surface area (Å²) >= 11 is 0. The van der Waals surface area contributed by atoms with Crippen molar-refractivity contribution in [3.05, 3.63) is 47.9 Å². The second kappa shape index (κ2) is 8.45. The Hall–Kier alpha value is -2.21. The standard InChI is InChI=1S/C20H26FN3O2/c1-14-6-5-8-17(12-14)26-15(2)20(25)23-19-10-11-22-24(19)13-16-7-3-4-9-18(16)21/h3-4,7,9-11,14-15,17H,5-6,8,12-13H2,1-2H3,(H,23,25)/t14-,15+,17-/m1/s1. The maximum absolute atomic E-state index is 13.8. The van der Waals surface area contributed by atoms with Crippen molar-refractivity contribution >= 4 is 11.7 Å². The number of aromatic nitrogens is 2. The van der Waals surface area contributed by atoms with E-state index >= 15 is 0 Å². The molecule has 2 aromatic rings. The molecule has 0 saturated heterocycles. The van der Waals surface area contributed by atoms with Crippen LogP contribution in [-0.4, -0.2) is 27.9 Å². The van der Waals surface area contributed by atoms with Crippen LogP contribution in [0.25, 0.3) is 0 Å².